The third-order valence-electron chi connectivity index (χ3n) is 5.17. The van der Waals surface area contributed by atoms with E-state index in [1.54, 1.807) is 6.07 Å². The van der Waals surface area contributed by atoms with E-state index < -0.39 is 17.2 Å². The lowest BCUT2D eigenvalue weighted by Crippen LogP contribution is -2.54. The molecule has 0 bridgehead atoms. The summed E-state index contributed by atoms with van der Waals surface area (Å²) in [5.41, 5.74) is 0.144. The minimum absolute atomic E-state index is 0.134. The van der Waals surface area contributed by atoms with Crippen LogP contribution in [0.3, 0.4) is 0 Å². The highest BCUT2D eigenvalue weighted by molar-refractivity contribution is 5.93. The lowest BCUT2D eigenvalue weighted by molar-refractivity contribution is 0.0695. The van der Waals surface area contributed by atoms with E-state index in [0.29, 0.717) is 24.3 Å². The molecule has 0 amide bonds. The molecule has 7 heteroatoms. The van der Waals surface area contributed by atoms with Crippen LogP contribution in [-0.2, 0) is 0 Å². The summed E-state index contributed by atoms with van der Waals surface area (Å²) in [4.78, 5) is 25.9. The number of halogens is 1. The molecule has 0 spiro atoms. The number of nitrogens with one attached hydrogen (secondary N) is 1. The molecular weight excluding hydrogens is 337 g/mol. The largest absolute Gasteiger partial charge is 0.477 e. The second-order valence-electron chi connectivity index (χ2n) is 7.51. The normalized spacial score (nSPS) is 23.4. The molecule has 1 aliphatic heterocycles. The second kappa shape index (κ2) is 6.09. The highest BCUT2D eigenvalue weighted by Gasteiger charge is 2.29. The molecule has 26 heavy (non-hydrogen) atoms. The van der Waals surface area contributed by atoms with Crippen LogP contribution in [-0.4, -0.2) is 40.8 Å². The first-order chi connectivity index (χ1) is 12.3. The van der Waals surface area contributed by atoms with Crippen molar-refractivity contribution in [1.82, 2.24) is 9.88 Å². The van der Waals surface area contributed by atoms with Gasteiger partial charge in [-0.1, -0.05) is 0 Å². The van der Waals surface area contributed by atoms with Crippen LogP contribution in [0.25, 0.3) is 10.9 Å². The fraction of sp³-hybridized carbons (Fsp3) is 0.474. The molecule has 2 unspecified atom stereocenters. The number of carboxylic acid groups (broad SMARTS) is 1. The minimum atomic E-state index is -1.28. The van der Waals surface area contributed by atoms with Crippen LogP contribution in [0.1, 0.15) is 43.1 Å². The highest BCUT2D eigenvalue weighted by atomic mass is 19.1. The smallest absolute Gasteiger partial charge is 0.341 e. The van der Waals surface area contributed by atoms with E-state index in [4.69, 9.17) is 0 Å². The summed E-state index contributed by atoms with van der Waals surface area (Å²) in [7, 11) is 0. The lowest BCUT2D eigenvalue weighted by atomic mass is 10.1. The van der Waals surface area contributed by atoms with Gasteiger partial charge >= 0.3 is 5.97 Å². The molecule has 2 aromatic rings. The summed E-state index contributed by atoms with van der Waals surface area (Å²) in [6.45, 7) is 5.46. The zero-order valence-corrected chi connectivity index (χ0v) is 14.8. The predicted octanol–water partition coefficient (Wildman–Crippen LogP) is 2.36. The molecule has 1 aromatic carbocycles. The van der Waals surface area contributed by atoms with Crippen molar-refractivity contribution in [2.45, 2.75) is 44.8 Å². The van der Waals surface area contributed by atoms with Crippen LogP contribution >= 0.6 is 0 Å². The topological polar surface area (TPSA) is 74.6 Å². The van der Waals surface area contributed by atoms with Crippen molar-refractivity contribution in [2.75, 3.05) is 18.0 Å². The van der Waals surface area contributed by atoms with Crippen molar-refractivity contribution in [1.29, 1.82) is 0 Å². The van der Waals surface area contributed by atoms with Gasteiger partial charge in [0.05, 0.1) is 11.2 Å². The van der Waals surface area contributed by atoms with Gasteiger partial charge in [0.1, 0.15) is 11.4 Å². The Kier molecular flexibility index (Phi) is 3.99. The molecule has 4 rings (SSSR count). The van der Waals surface area contributed by atoms with Crippen molar-refractivity contribution < 1.29 is 14.3 Å². The average molecular weight is 359 g/mol. The minimum Gasteiger partial charge on any atom is -0.477 e. The predicted molar refractivity (Wildman–Crippen MR) is 97.7 cm³/mol. The molecule has 2 aliphatic rings. The summed E-state index contributed by atoms with van der Waals surface area (Å²) >= 11 is 0. The van der Waals surface area contributed by atoms with Crippen molar-refractivity contribution in [2.24, 2.45) is 0 Å². The van der Waals surface area contributed by atoms with E-state index in [1.165, 1.54) is 12.3 Å². The van der Waals surface area contributed by atoms with E-state index in [9.17, 15) is 19.1 Å². The zero-order chi connectivity index (χ0) is 18.6. The molecule has 0 radical (unpaired) electrons. The maximum absolute atomic E-state index is 14.9. The van der Waals surface area contributed by atoms with Crippen LogP contribution in [0.4, 0.5) is 10.1 Å². The van der Waals surface area contributed by atoms with Gasteiger partial charge in [0.15, 0.2) is 0 Å². The highest BCUT2D eigenvalue weighted by Crippen LogP contribution is 2.38. The van der Waals surface area contributed by atoms with E-state index in [2.05, 4.69) is 19.2 Å². The van der Waals surface area contributed by atoms with Crippen LogP contribution in [0.15, 0.2) is 23.1 Å². The number of rotatable bonds is 3. The van der Waals surface area contributed by atoms with Crippen molar-refractivity contribution in [3.63, 3.8) is 0 Å². The molecule has 6 nitrogen and oxygen atoms in total. The number of nitrogens with zero attached hydrogens (tertiary/aromatic N) is 2. The van der Waals surface area contributed by atoms with Crippen molar-refractivity contribution in [3.8, 4) is 0 Å². The van der Waals surface area contributed by atoms with Crippen LogP contribution in [0.5, 0.6) is 0 Å². The van der Waals surface area contributed by atoms with Gasteiger partial charge in [-0.2, -0.15) is 0 Å². The fourth-order valence-electron chi connectivity index (χ4n) is 3.93. The summed E-state index contributed by atoms with van der Waals surface area (Å²) in [6, 6.07) is 3.55. The Hall–Kier alpha value is -2.41. The first-order valence-electron chi connectivity index (χ1n) is 8.98. The quantitative estimate of drug-likeness (QED) is 0.880. The third-order valence-corrected chi connectivity index (χ3v) is 5.17. The van der Waals surface area contributed by atoms with Gasteiger partial charge in [0.2, 0.25) is 5.43 Å². The zero-order valence-electron chi connectivity index (χ0n) is 14.8. The maximum atomic E-state index is 14.9. The van der Waals surface area contributed by atoms with Gasteiger partial charge in [-0.05, 0) is 38.8 Å². The Bertz CT molecular complexity index is 941. The molecular formula is C19H22FN3O3. The molecule has 1 aromatic heterocycles. The number of aromatic nitrogens is 1. The number of hydrogen-bond acceptors (Lipinski definition) is 4. The summed E-state index contributed by atoms with van der Waals surface area (Å²) in [5.74, 6) is -1.76. The Morgan fingerprint density at radius 3 is 2.46 bits per heavy atom. The SMILES string of the molecule is CC1CN(c2cc3c(cc2F)c(=O)c(C(=O)O)cn3C2CC2)CC(C)N1. The second-order valence-corrected chi connectivity index (χ2v) is 7.51. The van der Waals surface area contributed by atoms with Gasteiger partial charge in [-0.3, -0.25) is 4.79 Å². The molecule has 2 atom stereocenters. The van der Waals surface area contributed by atoms with Gasteiger partial charge in [-0.25, -0.2) is 9.18 Å². The van der Waals surface area contributed by atoms with Crippen molar-refractivity contribution >= 4 is 22.6 Å². The van der Waals surface area contributed by atoms with E-state index in [1.807, 2.05) is 9.47 Å². The molecule has 2 heterocycles. The number of piperazine rings is 1. The standard InChI is InChI=1S/C19H22FN3O3/c1-10-7-22(8-11(2)21-10)17-6-16-13(5-15(17)20)18(24)14(19(25)26)9-23(16)12-3-4-12/h5-6,9-12,21H,3-4,7-8H2,1-2H3,(H,25,26). The van der Waals surface area contributed by atoms with Crippen LogP contribution < -0.4 is 15.6 Å². The van der Waals surface area contributed by atoms with E-state index >= 15 is 0 Å². The number of aromatic carboxylic acids is 1. The van der Waals surface area contributed by atoms with Crippen LogP contribution in [0.2, 0.25) is 0 Å². The molecule has 1 aliphatic carbocycles. The van der Waals surface area contributed by atoms with Gasteiger partial charge in [0, 0.05) is 42.8 Å². The first kappa shape index (κ1) is 17.0. The molecule has 1 saturated carbocycles. The van der Waals surface area contributed by atoms with E-state index in [0.717, 1.165) is 12.8 Å². The fourth-order valence-corrected chi connectivity index (χ4v) is 3.93. The summed E-state index contributed by atoms with van der Waals surface area (Å²) in [6.07, 6.45) is 3.28. The molecule has 2 fully saturated rings. The molecule has 138 valence electrons. The maximum Gasteiger partial charge on any atom is 0.341 e. The molecule has 2 N–H and O–H groups in total. The van der Waals surface area contributed by atoms with Crippen molar-refractivity contribution in [3.05, 3.63) is 39.9 Å². The number of carboxylic acids is 1. The third kappa shape index (κ3) is 2.86. The van der Waals surface area contributed by atoms with Crippen LogP contribution in [0, 0.1) is 5.82 Å². The van der Waals surface area contributed by atoms with Gasteiger partial charge < -0.3 is 19.9 Å². The average Bonchev–Trinajstić information content (AvgIpc) is 3.38. The Labute approximate surface area is 150 Å². The Morgan fingerprint density at radius 2 is 1.88 bits per heavy atom. The number of fused-ring (bicyclic) bond motifs is 1. The number of pyridine rings is 1. The number of benzene rings is 1. The monoisotopic (exact) mass is 359 g/mol. The number of carbonyl (C=O) groups is 1. The summed E-state index contributed by atoms with van der Waals surface area (Å²) in [5, 5.41) is 12.9. The molecule has 1 saturated heterocycles. The summed E-state index contributed by atoms with van der Waals surface area (Å²) < 4.78 is 16.7. The Morgan fingerprint density at radius 1 is 1.23 bits per heavy atom. The Balaban J connectivity index is 1.91. The van der Waals surface area contributed by atoms with Gasteiger partial charge in [-0.15, -0.1) is 0 Å². The lowest BCUT2D eigenvalue weighted by Gasteiger charge is -2.38. The first-order valence-corrected chi connectivity index (χ1v) is 8.98. The van der Waals surface area contributed by atoms with Gasteiger partial charge in [0.25, 0.3) is 0 Å². The number of anilines is 1. The van der Waals surface area contributed by atoms with E-state index in [-0.39, 0.29) is 29.1 Å². The number of hydrogen-bond donors (Lipinski definition) is 2.